The molecule has 1 aliphatic rings. The van der Waals surface area contributed by atoms with Crippen LogP contribution in [0, 0.1) is 0 Å². The molecule has 1 aliphatic heterocycles. The Morgan fingerprint density at radius 1 is 1.33 bits per heavy atom. The Hall–Kier alpha value is -2.50. The molecule has 1 saturated heterocycles. The number of hydrogen-bond donors (Lipinski definition) is 0. The molecule has 0 radical (unpaired) electrons. The topological polar surface area (TPSA) is 56.6 Å². The van der Waals surface area contributed by atoms with Gasteiger partial charge in [0.25, 0.3) is 0 Å². The van der Waals surface area contributed by atoms with Crippen LogP contribution < -0.4 is 9.47 Å². The molecule has 0 unspecified atom stereocenters. The number of rotatable bonds is 6. The second-order valence-electron chi connectivity index (χ2n) is 5.87. The first-order valence-corrected chi connectivity index (χ1v) is 8.21. The molecule has 0 N–H and O–H groups in total. The summed E-state index contributed by atoms with van der Waals surface area (Å²) in [5, 5.41) is 4.15. The number of benzene rings is 1. The monoisotopic (exact) mass is 329 g/mol. The Kier molecular flexibility index (Phi) is 5.03. The average molecular weight is 329 g/mol. The van der Waals surface area contributed by atoms with Gasteiger partial charge in [-0.05, 0) is 31.0 Å². The van der Waals surface area contributed by atoms with E-state index in [9.17, 15) is 4.79 Å². The Labute approximate surface area is 142 Å². The molecule has 1 aromatic carbocycles. The van der Waals surface area contributed by atoms with Gasteiger partial charge in [-0.25, -0.2) is 0 Å². The van der Waals surface area contributed by atoms with Crippen LogP contribution in [-0.2, 0) is 11.3 Å². The zero-order chi connectivity index (χ0) is 16.9. The van der Waals surface area contributed by atoms with Crippen molar-refractivity contribution in [3.05, 3.63) is 42.2 Å². The lowest BCUT2D eigenvalue weighted by molar-refractivity contribution is -0.132. The van der Waals surface area contributed by atoms with E-state index in [0.717, 1.165) is 36.4 Å². The lowest BCUT2D eigenvalue weighted by atomic mass is 10.0. The van der Waals surface area contributed by atoms with Crippen LogP contribution in [0.4, 0.5) is 0 Å². The number of carbonyl (C=O) groups is 1. The number of aryl methyl sites for hydroxylation is 1. The van der Waals surface area contributed by atoms with Crippen molar-refractivity contribution in [2.24, 2.45) is 0 Å². The number of aromatic nitrogens is 2. The van der Waals surface area contributed by atoms with Crippen LogP contribution in [-0.4, -0.2) is 41.4 Å². The summed E-state index contributed by atoms with van der Waals surface area (Å²) in [6.07, 6.45) is 6.02. The fourth-order valence-electron chi connectivity index (χ4n) is 3.27. The molecule has 2 heterocycles. The second-order valence-corrected chi connectivity index (χ2v) is 5.87. The van der Waals surface area contributed by atoms with Gasteiger partial charge in [-0.1, -0.05) is 0 Å². The summed E-state index contributed by atoms with van der Waals surface area (Å²) in [5.74, 6) is 1.68. The molecule has 1 aromatic heterocycles. The lowest BCUT2D eigenvalue weighted by Crippen LogP contribution is -2.31. The third kappa shape index (κ3) is 3.37. The molecule has 0 aliphatic carbocycles. The van der Waals surface area contributed by atoms with Gasteiger partial charge in [0, 0.05) is 43.5 Å². The van der Waals surface area contributed by atoms with Gasteiger partial charge in [0.1, 0.15) is 11.5 Å². The van der Waals surface area contributed by atoms with Crippen molar-refractivity contribution < 1.29 is 14.3 Å². The fraction of sp³-hybridized carbons (Fsp3) is 0.444. The fourth-order valence-corrected chi connectivity index (χ4v) is 3.27. The highest BCUT2D eigenvalue weighted by atomic mass is 16.5. The maximum Gasteiger partial charge on any atom is 0.224 e. The van der Waals surface area contributed by atoms with E-state index < -0.39 is 0 Å². The highest BCUT2D eigenvalue weighted by Gasteiger charge is 2.31. The van der Waals surface area contributed by atoms with Crippen molar-refractivity contribution in [3.8, 4) is 11.5 Å². The maximum absolute atomic E-state index is 12.7. The van der Waals surface area contributed by atoms with E-state index in [2.05, 4.69) is 5.10 Å². The molecule has 2 aromatic rings. The van der Waals surface area contributed by atoms with Crippen LogP contribution in [0.5, 0.6) is 11.5 Å². The van der Waals surface area contributed by atoms with Gasteiger partial charge >= 0.3 is 0 Å². The zero-order valence-electron chi connectivity index (χ0n) is 14.1. The summed E-state index contributed by atoms with van der Waals surface area (Å²) in [6.45, 7) is 1.40. The normalized spacial score (nSPS) is 17.1. The van der Waals surface area contributed by atoms with Gasteiger partial charge in [-0.3, -0.25) is 9.48 Å². The highest BCUT2D eigenvalue weighted by molar-refractivity contribution is 5.77. The number of nitrogens with zero attached hydrogens (tertiary/aromatic N) is 3. The van der Waals surface area contributed by atoms with Gasteiger partial charge in [-0.2, -0.15) is 5.10 Å². The molecule has 1 atom stereocenters. The number of carbonyl (C=O) groups excluding carboxylic acids is 1. The molecule has 6 heteroatoms. The predicted octanol–water partition coefficient (Wildman–Crippen LogP) is 2.65. The number of methoxy groups -OCH3 is 2. The van der Waals surface area contributed by atoms with Crippen molar-refractivity contribution in [1.82, 2.24) is 14.7 Å². The summed E-state index contributed by atoms with van der Waals surface area (Å²) in [7, 11) is 3.28. The van der Waals surface area contributed by atoms with Crippen LogP contribution in [0.15, 0.2) is 36.7 Å². The van der Waals surface area contributed by atoms with Crippen LogP contribution in [0.1, 0.15) is 30.9 Å². The SMILES string of the molecule is COc1ccc([C@@H]2CCCN2C(=O)CCn2cccn2)c(OC)c1. The lowest BCUT2D eigenvalue weighted by Gasteiger charge is -2.26. The van der Waals surface area contributed by atoms with Crippen LogP contribution >= 0.6 is 0 Å². The quantitative estimate of drug-likeness (QED) is 0.817. The standard InChI is InChI=1S/C18H23N3O3/c1-23-14-6-7-15(17(13-14)24-2)16-5-3-11-21(16)18(22)8-12-20-10-4-9-19-20/h4,6-7,9-10,13,16H,3,5,8,11-12H2,1-2H3/t16-/m0/s1. The van der Waals surface area contributed by atoms with Gasteiger partial charge in [0.2, 0.25) is 5.91 Å². The Balaban J connectivity index is 1.74. The summed E-state index contributed by atoms with van der Waals surface area (Å²) in [6, 6.07) is 7.73. The zero-order valence-corrected chi connectivity index (χ0v) is 14.1. The number of likely N-dealkylation sites (tertiary alicyclic amines) is 1. The minimum absolute atomic E-state index is 0.0657. The van der Waals surface area contributed by atoms with Crippen LogP contribution in [0.2, 0.25) is 0 Å². The molecular formula is C18H23N3O3. The molecule has 0 saturated carbocycles. The molecule has 0 spiro atoms. The summed E-state index contributed by atoms with van der Waals surface area (Å²) >= 11 is 0. The molecule has 1 amide bonds. The Morgan fingerprint density at radius 2 is 2.21 bits per heavy atom. The molecule has 0 bridgehead atoms. The minimum atomic E-state index is 0.0657. The van der Waals surface area contributed by atoms with E-state index >= 15 is 0 Å². The van der Waals surface area contributed by atoms with E-state index in [1.54, 1.807) is 25.1 Å². The van der Waals surface area contributed by atoms with Crippen LogP contribution in [0.25, 0.3) is 0 Å². The smallest absolute Gasteiger partial charge is 0.224 e. The first-order chi connectivity index (χ1) is 11.7. The Bertz CT molecular complexity index is 685. The van der Waals surface area contributed by atoms with Crippen molar-refractivity contribution in [2.45, 2.75) is 31.8 Å². The van der Waals surface area contributed by atoms with Crippen molar-refractivity contribution in [1.29, 1.82) is 0 Å². The molecule has 1 fully saturated rings. The maximum atomic E-state index is 12.7. The number of hydrogen-bond acceptors (Lipinski definition) is 4. The average Bonchev–Trinajstić information content (AvgIpc) is 3.30. The molecular weight excluding hydrogens is 306 g/mol. The summed E-state index contributed by atoms with van der Waals surface area (Å²) < 4.78 is 12.6. The highest BCUT2D eigenvalue weighted by Crippen LogP contribution is 2.38. The van der Waals surface area contributed by atoms with E-state index in [-0.39, 0.29) is 11.9 Å². The predicted molar refractivity (Wildman–Crippen MR) is 90.1 cm³/mol. The van der Waals surface area contributed by atoms with Crippen LogP contribution in [0.3, 0.4) is 0 Å². The van der Waals surface area contributed by atoms with E-state index in [1.165, 1.54) is 0 Å². The van der Waals surface area contributed by atoms with Crippen molar-refractivity contribution >= 4 is 5.91 Å². The number of ether oxygens (including phenoxy) is 2. The van der Waals surface area contributed by atoms with E-state index in [4.69, 9.17) is 9.47 Å². The van der Waals surface area contributed by atoms with E-state index in [1.807, 2.05) is 35.4 Å². The summed E-state index contributed by atoms with van der Waals surface area (Å²) in [4.78, 5) is 14.6. The van der Waals surface area contributed by atoms with Gasteiger partial charge in [-0.15, -0.1) is 0 Å². The first-order valence-electron chi connectivity index (χ1n) is 8.21. The largest absolute Gasteiger partial charge is 0.497 e. The second kappa shape index (κ2) is 7.38. The van der Waals surface area contributed by atoms with Gasteiger partial charge < -0.3 is 14.4 Å². The van der Waals surface area contributed by atoms with Crippen molar-refractivity contribution in [3.63, 3.8) is 0 Å². The molecule has 6 nitrogen and oxygen atoms in total. The molecule has 24 heavy (non-hydrogen) atoms. The first kappa shape index (κ1) is 16.4. The van der Waals surface area contributed by atoms with Crippen molar-refractivity contribution in [2.75, 3.05) is 20.8 Å². The van der Waals surface area contributed by atoms with Gasteiger partial charge in [0.05, 0.1) is 20.3 Å². The van der Waals surface area contributed by atoms with Gasteiger partial charge in [0.15, 0.2) is 0 Å². The molecule has 128 valence electrons. The Morgan fingerprint density at radius 3 is 2.92 bits per heavy atom. The molecule has 3 rings (SSSR count). The number of amides is 1. The minimum Gasteiger partial charge on any atom is -0.497 e. The van der Waals surface area contributed by atoms with E-state index in [0.29, 0.717) is 13.0 Å². The third-order valence-corrected chi connectivity index (χ3v) is 4.49. The third-order valence-electron chi connectivity index (χ3n) is 4.49. The summed E-state index contributed by atoms with van der Waals surface area (Å²) in [5.41, 5.74) is 1.04.